The molecular formula is C14H23N3O2. The molecule has 5 nitrogen and oxygen atoms in total. The van der Waals surface area contributed by atoms with Gasteiger partial charge in [0.2, 0.25) is 5.91 Å². The number of amides is 1. The molecular weight excluding hydrogens is 242 g/mol. The van der Waals surface area contributed by atoms with Gasteiger partial charge in [-0.1, -0.05) is 6.42 Å². The Labute approximate surface area is 114 Å². The second-order valence-corrected chi connectivity index (χ2v) is 5.73. The average molecular weight is 265 g/mol. The Hall–Kier alpha value is -1.12. The van der Waals surface area contributed by atoms with E-state index in [2.05, 4.69) is 16.3 Å². The summed E-state index contributed by atoms with van der Waals surface area (Å²) < 4.78 is 5.46. The molecule has 5 heteroatoms. The fraction of sp³-hybridized carbons (Fsp3) is 0.857. The third-order valence-corrected chi connectivity index (χ3v) is 3.97. The van der Waals surface area contributed by atoms with Gasteiger partial charge in [0, 0.05) is 18.6 Å². The number of nitrogens with one attached hydrogen (secondary N) is 1. The molecule has 3 atom stereocenters. The minimum Gasteiger partial charge on any atom is -0.378 e. The molecule has 2 rings (SSSR count). The molecule has 106 valence electrons. The van der Waals surface area contributed by atoms with Crippen molar-refractivity contribution in [2.45, 2.75) is 51.2 Å². The summed E-state index contributed by atoms with van der Waals surface area (Å²) in [4.78, 5) is 14.5. The summed E-state index contributed by atoms with van der Waals surface area (Å²) >= 11 is 0. The van der Waals surface area contributed by atoms with E-state index in [0.717, 1.165) is 25.8 Å². The first-order valence-electron chi connectivity index (χ1n) is 7.17. The first-order chi connectivity index (χ1) is 9.13. The number of hydrogen-bond donors (Lipinski definition) is 1. The van der Waals surface area contributed by atoms with E-state index in [1.54, 1.807) is 0 Å². The molecule has 19 heavy (non-hydrogen) atoms. The number of carbonyl (C=O) groups is 1. The van der Waals surface area contributed by atoms with Crippen molar-refractivity contribution in [1.29, 1.82) is 5.26 Å². The van der Waals surface area contributed by atoms with Gasteiger partial charge in [-0.3, -0.25) is 9.69 Å². The summed E-state index contributed by atoms with van der Waals surface area (Å²) in [6, 6.07) is 2.51. The van der Waals surface area contributed by atoms with E-state index in [0.29, 0.717) is 13.2 Å². The third kappa shape index (κ3) is 3.26. The zero-order valence-electron chi connectivity index (χ0n) is 11.8. The molecule has 1 saturated heterocycles. The highest BCUT2D eigenvalue weighted by Gasteiger charge is 2.40. The van der Waals surface area contributed by atoms with Gasteiger partial charge in [0.1, 0.15) is 6.04 Å². The second-order valence-electron chi connectivity index (χ2n) is 5.73. The van der Waals surface area contributed by atoms with Crippen LogP contribution in [0.1, 0.15) is 33.1 Å². The van der Waals surface area contributed by atoms with Gasteiger partial charge >= 0.3 is 0 Å². The molecule has 1 amide bonds. The van der Waals surface area contributed by atoms with Crippen molar-refractivity contribution in [3.63, 3.8) is 0 Å². The lowest BCUT2D eigenvalue weighted by Gasteiger charge is -2.40. The van der Waals surface area contributed by atoms with Crippen LogP contribution >= 0.6 is 0 Å². The maximum atomic E-state index is 12.3. The molecule has 2 fully saturated rings. The van der Waals surface area contributed by atoms with Crippen LogP contribution in [0.15, 0.2) is 0 Å². The molecule has 1 aliphatic carbocycles. The van der Waals surface area contributed by atoms with Gasteiger partial charge in [-0.25, -0.2) is 0 Å². The minimum absolute atomic E-state index is 0.0262. The van der Waals surface area contributed by atoms with Crippen LogP contribution in [0.4, 0.5) is 0 Å². The van der Waals surface area contributed by atoms with E-state index < -0.39 is 0 Å². The van der Waals surface area contributed by atoms with Crippen molar-refractivity contribution in [3.05, 3.63) is 0 Å². The Morgan fingerprint density at radius 2 is 2.26 bits per heavy atom. The standard InChI is InChI=1S/C14H23N3O2/c1-10(2)16-14(18)13-9-19-7-6-17(13)12-5-3-4-11(12)8-15/h10-13H,3-7,9H2,1-2H3,(H,16,18). The summed E-state index contributed by atoms with van der Waals surface area (Å²) in [5, 5.41) is 12.2. The number of nitriles is 1. The lowest BCUT2D eigenvalue weighted by atomic mass is 10.0. The van der Waals surface area contributed by atoms with Crippen molar-refractivity contribution >= 4 is 5.91 Å². The van der Waals surface area contributed by atoms with Gasteiger partial charge in [-0.15, -0.1) is 0 Å². The Morgan fingerprint density at radius 1 is 1.47 bits per heavy atom. The molecule has 0 aromatic carbocycles. The predicted octanol–water partition coefficient (Wildman–Crippen LogP) is 0.904. The van der Waals surface area contributed by atoms with E-state index in [4.69, 9.17) is 4.74 Å². The van der Waals surface area contributed by atoms with E-state index in [-0.39, 0.29) is 30.0 Å². The molecule has 0 aromatic rings. The van der Waals surface area contributed by atoms with Gasteiger partial charge in [-0.2, -0.15) is 5.26 Å². The molecule has 1 heterocycles. The molecule has 2 aliphatic rings. The Kier molecular flexibility index (Phi) is 4.78. The predicted molar refractivity (Wildman–Crippen MR) is 71.3 cm³/mol. The summed E-state index contributed by atoms with van der Waals surface area (Å²) in [7, 11) is 0. The highest BCUT2D eigenvalue weighted by molar-refractivity contribution is 5.82. The molecule has 0 radical (unpaired) electrons. The van der Waals surface area contributed by atoms with Crippen molar-refractivity contribution in [3.8, 4) is 6.07 Å². The Morgan fingerprint density at radius 3 is 2.95 bits per heavy atom. The van der Waals surface area contributed by atoms with Gasteiger partial charge in [-0.05, 0) is 26.7 Å². The highest BCUT2D eigenvalue weighted by Crippen LogP contribution is 2.31. The number of rotatable bonds is 3. The van der Waals surface area contributed by atoms with Gasteiger partial charge < -0.3 is 10.1 Å². The van der Waals surface area contributed by atoms with Gasteiger partial charge in [0.25, 0.3) is 0 Å². The fourth-order valence-electron chi connectivity index (χ4n) is 3.11. The summed E-state index contributed by atoms with van der Waals surface area (Å²) in [5.74, 6) is 0.0886. The van der Waals surface area contributed by atoms with Crippen LogP contribution in [0.5, 0.6) is 0 Å². The molecule has 3 unspecified atom stereocenters. The van der Waals surface area contributed by atoms with Crippen LogP contribution in [0.25, 0.3) is 0 Å². The van der Waals surface area contributed by atoms with Gasteiger partial charge in [0.15, 0.2) is 0 Å². The highest BCUT2D eigenvalue weighted by atomic mass is 16.5. The Bertz CT molecular complexity index is 364. The minimum atomic E-state index is -0.241. The van der Waals surface area contributed by atoms with Crippen LogP contribution < -0.4 is 5.32 Å². The zero-order chi connectivity index (χ0) is 13.8. The summed E-state index contributed by atoms with van der Waals surface area (Å²) in [6.45, 7) is 5.76. The monoisotopic (exact) mass is 265 g/mol. The molecule has 1 N–H and O–H groups in total. The SMILES string of the molecule is CC(C)NC(=O)C1COCCN1C1CCCC1C#N. The molecule has 0 bridgehead atoms. The molecule has 1 saturated carbocycles. The maximum absolute atomic E-state index is 12.3. The lowest BCUT2D eigenvalue weighted by Crippen LogP contribution is -2.58. The van der Waals surface area contributed by atoms with Gasteiger partial charge in [0.05, 0.1) is 25.2 Å². The van der Waals surface area contributed by atoms with Crippen LogP contribution in [0, 0.1) is 17.2 Å². The normalized spacial score (nSPS) is 32.2. The quantitative estimate of drug-likeness (QED) is 0.823. The second kappa shape index (κ2) is 6.36. The van der Waals surface area contributed by atoms with E-state index in [1.807, 2.05) is 13.8 Å². The van der Waals surface area contributed by atoms with Crippen molar-refractivity contribution in [1.82, 2.24) is 10.2 Å². The topological polar surface area (TPSA) is 65.4 Å². The molecule has 0 aromatic heterocycles. The third-order valence-electron chi connectivity index (χ3n) is 3.97. The first kappa shape index (κ1) is 14.3. The summed E-state index contributed by atoms with van der Waals surface area (Å²) in [5.41, 5.74) is 0. The van der Waals surface area contributed by atoms with E-state index >= 15 is 0 Å². The lowest BCUT2D eigenvalue weighted by molar-refractivity contribution is -0.135. The maximum Gasteiger partial charge on any atom is 0.239 e. The van der Waals surface area contributed by atoms with Crippen LogP contribution in [0.2, 0.25) is 0 Å². The zero-order valence-corrected chi connectivity index (χ0v) is 11.8. The van der Waals surface area contributed by atoms with E-state index in [9.17, 15) is 10.1 Å². The number of ether oxygens (including phenoxy) is 1. The fourth-order valence-corrected chi connectivity index (χ4v) is 3.11. The van der Waals surface area contributed by atoms with Crippen molar-refractivity contribution in [2.75, 3.05) is 19.8 Å². The van der Waals surface area contributed by atoms with Crippen molar-refractivity contribution < 1.29 is 9.53 Å². The van der Waals surface area contributed by atoms with Crippen LogP contribution in [-0.4, -0.2) is 48.7 Å². The molecule has 1 aliphatic heterocycles. The molecule has 0 spiro atoms. The van der Waals surface area contributed by atoms with E-state index in [1.165, 1.54) is 0 Å². The Balaban J connectivity index is 2.07. The van der Waals surface area contributed by atoms with Crippen LogP contribution in [-0.2, 0) is 9.53 Å². The smallest absolute Gasteiger partial charge is 0.239 e. The largest absolute Gasteiger partial charge is 0.378 e. The first-order valence-corrected chi connectivity index (χ1v) is 7.17. The number of hydrogen-bond acceptors (Lipinski definition) is 4. The summed E-state index contributed by atoms with van der Waals surface area (Å²) in [6.07, 6.45) is 3.06. The average Bonchev–Trinajstić information content (AvgIpc) is 2.86. The van der Waals surface area contributed by atoms with Crippen molar-refractivity contribution in [2.24, 2.45) is 5.92 Å². The number of carbonyl (C=O) groups excluding carboxylic acids is 1. The van der Waals surface area contributed by atoms with Crippen LogP contribution in [0.3, 0.4) is 0 Å². The number of morpholine rings is 1. The number of nitrogens with zero attached hydrogens (tertiary/aromatic N) is 2.